The number of nitrogens with one attached hydrogen (secondary N) is 2. The summed E-state index contributed by atoms with van der Waals surface area (Å²) in [6.45, 7) is 2.57. The monoisotopic (exact) mass is 292 g/mol. The van der Waals surface area contributed by atoms with Crippen LogP contribution in [0.5, 0.6) is 0 Å². The van der Waals surface area contributed by atoms with Gasteiger partial charge in [-0.05, 0) is 38.3 Å². The average Bonchev–Trinajstić information content (AvgIpc) is 2.65. The largest absolute Gasteiger partial charge is 0.354 e. The maximum absolute atomic E-state index is 12.2. The van der Waals surface area contributed by atoms with Gasteiger partial charge < -0.3 is 10.6 Å². The van der Waals surface area contributed by atoms with Gasteiger partial charge in [-0.15, -0.1) is 11.8 Å². The van der Waals surface area contributed by atoms with Crippen LogP contribution in [0, 0.1) is 0 Å². The maximum Gasteiger partial charge on any atom is 0.242 e. The Kier molecular flexibility index (Phi) is 5.47. The van der Waals surface area contributed by atoms with E-state index in [1.807, 2.05) is 37.3 Å². The molecule has 1 saturated heterocycles. The smallest absolute Gasteiger partial charge is 0.242 e. The summed E-state index contributed by atoms with van der Waals surface area (Å²) in [4.78, 5) is 25.0. The molecule has 0 spiro atoms. The van der Waals surface area contributed by atoms with Crippen molar-refractivity contribution < 1.29 is 9.59 Å². The molecule has 2 atom stereocenters. The van der Waals surface area contributed by atoms with Gasteiger partial charge in [0, 0.05) is 11.4 Å². The molecule has 108 valence electrons. The molecule has 0 bridgehead atoms. The van der Waals surface area contributed by atoms with Crippen molar-refractivity contribution in [3.05, 3.63) is 30.3 Å². The van der Waals surface area contributed by atoms with E-state index < -0.39 is 0 Å². The summed E-state index contributed by atoms with van der Waals surface area (Å²) in [5, 5.41) is 5.47. The molecule has 2 N–H and O–H groups in total. The van der Waals surface area contributed by atoms with Gasteiger partial charge in [-0.2, -0.15) is 0 Å². The van der Waals surface area contributed by atoms with Crippen LogP contribution in [0.2, 0.25) is 0 Å². The topological polar surface area (TPSA) is 58.2 Å². The highest BCUT2D eigenvalue weighted by atomic mass is 32.2. The Balaban J connectivity index is 1.88. The van der Waals surface area contributed by atoms with E-state index in [-0.39, 0.29) is 23.1 Å². The first-order valence-corrected chi connectivity index (χ1v) is 7.84. The summed E-state index contributed by atoms with van der Waals surface area (Å²) < 4.78 is 0. The maximum atomic E-state index is 12.2. The van der Waals surface area contributed by atoms with Gasteiger partial charge in [0.2, 0.25) is 11.8 Å². The van der Waals surface area contributed by atoms with E-state index in [0.717, 1.165) is 24.2 Å². The molecule has 5 heteroatoms. The fraction of sp³-hybridized carbons (Fsp3) is 0.467. The Hall–Kier alpha value is -1.49. The summed E-state index contributed by atoms with van der Waals surface area (Å²) in [6.07, 6.45) is 2.66. The summed E-state index contributed by atoms with van der Waals surface area (Å²) >= 11 is 1.50. The van der Waals surface area contributed by atoms with E-state index in [1.54, 1.807) is 0 Å². The molecule has 2 rings (SSSR count). The SMILES string of the molecule is C[C@@H](Sc1ccccc1)C(=O)N[C@@H]1CCCCNC1=O. The first-order valence-electron chi connectivity index (χ1n) is 6.96. The van der Waals surface area contributed by atoms with Crippen LogP contribution in [-0.4, -0.2) is 29.7 Å². The van der Waals surface area contributed by atoms with Crippen molar-refractivity contribution in [3.63, 3.8) is 0 Å². The first-order chi connectivity index (χ1) is 9.66. The van der Waals surface area contributed by atoms with E-state index in [0.29, 0.717) is 6.54 Å². The van der Waals surface area contributed by atoms with Gasteiger partial charge in [0.25, 0.3) is 0 Å². The van der Waals surface area contributed by atoms with Crippen LogP contribution in [-0.2, 0) is 9.59 Å². The van der Waals surface area contributed by atoms with Crippen LogP contribution in [0.25, 0.3) is 0 Å². The zero-order valence-corrected chi connectivity index (χ0v) is 12.4. The Morgan fingerprint density at radius 2 is 2.10 bits per heavy atom. The minimum absolute atomic E-state index is 0.0623. The highest BCUT2D eigenvalue weighted by Gasteiger charge is 2.24. The first kappa shape index (κ1) is 14.9. The molecule has 1 fully saturated rings. The van der Waals surface area contributed by atoms with Gasteiger partial charge in [-0.3, -0.25) is 9.59 Å². The molecular formula is C15H20N2O2S. The van der Waals surface area contributed by atoms with Crippen LogP contribution in [0.15, 0.2) is 35.2 Å². The molecular weight excluding hydrogens is 272 g/mol. The molecule has 1 aliphatic heterocycles. The minimum atomic E-state index is -0.385. The quantitative estimate of drug-likeness (QED) is 0.834. The molecule has 1 aromatic carbocycles. The summed E-state index contributed by atoms with van der Waals surface area (Å²) in [5.41, 5.74) is 0. The Labute approximate surface area is 123 Å². The standard InChI is InChI=1S/C15H20N2O2S/c1-11(20-12-7-3-2-4-8-12)14(18)17-13-9-5-6-10-16-15(13)19/h2-4,7-8,11,13H,5-6,9-10H2,1H3,(H,16,19)(H,17,18)/t11-,13-/m1/s1. The predicted octanol–water partition coefficient (Wildman–Crippen LogP) is 1.95. The van der Waals surface area contributed by atoms with E-state index in [4.69, 9.17) is 0 Å². The van der Waals surface area contributed by atoms with Crippen LogP contribution < -0.4 is 10.6 Å². The molecule has 0 radical (unpaired) electrons. The van der Waals surface area contributed by atoms with Crippen molar-refractivity contribution in [2.24, 2.45) is 0 Å². The third kappa shape index (κ3) is 4.27. The van der Waals surface area contributed by atoms with Crippen LogP contribution in [0.3, 0.4) is 0 Å². The number of thioether (sulfide) groups is 1. The lowest BCUT2D eigenvalue weighted by molar-refractivity contribution is -0.128. The average molecular weight is 292 g/mol. The second-order valence-corrected chi connectivity index (χ2v) is 6.34. The second kappa shape index (κ2) is 7.33. The Morgan fingerprint density at radius 1 is 1.35 bits per heavy atom. The number of carbonyl (C=O) groups is 2. The van der Waals surface area contributed by atoms with Gasteiger partial charge in [0.1, 0.15) is 6.04 Å². The fourth-order valence-electron chi connectivity index (χ4n) is 2.12. The minimum Gasteiger partial charge on any atom is -0.354 e. The Morgan fingerprint density at radius 3 is 2.85 bits per heavy atom. The Bertz CT molecular complexity index is 464. The van der Waals surface area contributed by atoms with Crippen molar-refractivity contribution in [2.75, 3.05) is 6.54 Å². The van der Waals surface area contributed by atoms with Crippen molar-refractivity contribution in [2.45, 2.75) is 42.4 Å². The fourth-order valence-corrected chi connectivity index (χ4v) is 3.02. The van der Waals surface area contributed by atoms with Crippen LogP contribution in [0.4, 0.5) is 0 Å². The van der Waals surface area contributed by atoms with E-state index in [1.165, 1.54) is 11.8 Å². The van der Waals surface area contributed by atoms with Crippen molar-refractivity contribution in [3.8, 4) is 0 Å². The second-order valence-electron chi connectivity index (χ2n) is 4.92. The number of carbonyl (C=O) groups excluding carboxylic acids is 2. The van der Waals surface area contributed by atoms with E-state index in [2.05, 4.69) is 10.6 Å². The number of rotatable bonds is 4. The molecule has 2 amide bonds. The molecule has 0 aliphatic carbocycles. The molecule has 4 nitrogen and oxygen atoms in total. The molecule has 20 heavy (non-hydrogen) atoms. The van der Waals surface area contributed by atoms with E-state index >= 15 is 0 Å². The highest BCUT2D eigenvalue weighted by Crippen LogP contribution is 2.22. The van der Waals surface area contributed by atoms with Crippen molar-refractivity contribution >= 4 is 23.6 Å². The summed E-state index contributed by atoms with van der Waals surface area (Å²) in [5.74, 6) is -0.145. The zero-order valence-electron chi connectivity index (χ0n) is 11.6. The van der Waals surface area contributed by atoms with Crippen LogP contribution in [0.1, 0.15) is 26.2 Å². The molecule has 0 aromatic heterocycles. The molecule has 0 unspecified atom stereocenters. The van der Waals surface area contributed by atoms with Gasteiger partial charge in [0.05, 0.1) is 5.25 Å². The molecule has 1 aromatic rings. The molecule has 1 heterocycles. The van der Waals surface area contributed by atoms with Gasteiger partial charge in [-0.1, -0.05) is 18.2 Å². The van der Waals surface area contributed by atoms with E-state index in [9.17, 15) is 9.59 Å². The number of amides is 2. The summed E-state index contributed by atoms with van der Waals surface area (Å²) in [6, 6.07) is 9.42. The van der Waals surface area contributed by atoms with Gasteiger partial charge >= 0.3 is 0 Å². The van der Waals surface area contributed by atoms with Crippen molar-refractivity contribution in [1.82, 2.24) is 10.6 Å². The number of hydrogen-bond acceptors (Lipinski definition) is 3. The number of benzene rings is 1. The zero-order chi connectivity index (χ0) is 14.4. The molecule has 0 saturated carbocycles. The highest BCUT2D eigenvalue weighted by molar-refractivity contribution is 8.00. The predicted molar refractivity (Wildman–Crippen MR) is 80.6 cm³/mol. The lowest BCUT2D eigenvalue weighted by atomic mass is 10.1. The van der Waals surface area contributed by atoms with Gasteiger partial charge in [-0.25, -0.2) is 0 Å². The lowest BCUT2D eigenvalue weighted by Gasteiger charge is -2.18. The third-order valence-electron chi connectivity index (χ3n) is 3.28. The van der Waals surface area contributed by atoms with Gasteiger partial charge in [0.15, 0.2) is 0 Å². The molecule has 1 aliphatic rings. The normalized spacial score (nSPS) is 20.6. The van der Waals surface area contributed by atoms with Crippen LogP contribution >= 0.6 is 11.8 Å². The number of hydrogen-bond donors (Lipinski definition) is 2. The van der Waals surface area contributed by atoms with Crippen molar-refractivity contribution in [1.29, 1.82) is 0 Å². The lowest BCUT2D eigenvalue weighted by Crippen LogP contribution is -2.47. The summed E-state index contributed by atoms with van der Waals surface area (Å²) in [7, 11) is 0. The third-order valence-corrected chi connectivity index (χ3v) is 4.39.